The van der Waals surface area contributed by atoms with Gasteiger partial charge in [0.2, 0.25) is 0 Å². The molecule has 348 valence electrons. The van der Waals surface area contributed by atoms with Gasteiger partial charge in [-0.15, -0.1) is 0 Å². The molecule has 0 aromatic rings. The SMILES string of the molecule is C1=CC2C3C=CC(C3)C2C1.CC(C)C1=CC2=CCC3C(C)(C(=O)C4CC5CC4C4CCC=CC54)CCCC3(C)C2CC1.CC(C)C1=CC2=CCC3C(C)(C(=O)O)CCCC3(C)C2CC1. The number of aliphatic carboxylic acids is 1. The molecule has 0 radical (unpaired) electrons. The molecule has 17 unspecified atom stereocenters. The number of carbonyl (C=O) groups excluding carboxylic acids is 1. The second-order valence-corrected chi connectivity index (χ2v) is 25.7. The Kier molecular flexibility index (Phi) is 11.9. The summed E-state index contributed by atoms with van der Waals surface area (Å²) in [6.07, 6.45) is 46.3. The summed E-state index contributed by atoms with van der Waals surface area (Å²) in [4.78, 5) is 26.4. The topological polar surface area (TPSA) is 54.4 Å². The van der Waals surface area contributed by atoms with E-state index >= 15 is 0 Å². The fourth-order valence-electron chi connectivity index (χ4n) is 18.7. The van der Waals surface area contributed by atoms with Crippen molar-refractivity contribution < 1.29 is 14.7 Å². The molecule has 0 aromatic carbocycles. The number of Topliss-reactive ketones (excluding diaryl/α,β-unsaturated/α-hetero) is 1. The van der Waals surface area contributed by atoms with Crippen LogP contribution in [0, 0.1) is 110 Å². The Balaban J connectivity index is 0.000000129. The summed E-state index contributed by atoms with van der Waals surface area (Å²) in [5, 5.41) is 9.83. The molecule has 0 aliphatic heterocycles. The molecule has 1 N–H and O–H groups in total. The molecule has 3 heteroatoms. The molecule has 5 fully saturated rings. The molecule has 0 saturated heterocycles. The minimum atomic E-state index is -0.588. The predicted molar refractivity (Wildman–Crippen MR) is 263 cm³/mol. The van der Waals surface area contributed by atoms with E-state index in [1.807, 2.05) is 6.92 Å². The normalized spacial score (nSPS) is 47.3. The predicted octanol–water partition coefficient (Wildman–Crippen LogP) is 15.5. The van der Waals surface area contributed by atoms with Gasteiger partial charge in [0, 0.05) is 11.3 Å². The van der Waals surface area contributed by atoms with Crippen molar-refractivity contribution in [1.82, 2.24) is 0 Å². The van der Waals surface area contributed by atoms with E-state index in [2.05, 4.69) is 109 Å². The minimum absolute atomic E-state index is 0.105. The van der Waals surface area contributed by atoms with E-state index in [9.17, 15) is 14.7 Å². The highest BCUT2D eigenvalue weighted by atomic mass is 16.4. The summed E-state index contributed by atoms with van der Waals surface area (Å²) >= 11 is 0. The number of carbonyl (C=O) groups is 2. The van der Waals surface area contributed by atoms with Crippen molar-refractivity contribution in [3.63, 3.8) is 0 Å². The Bertz CT molecular complexity index is 2070. The van der Waals surface area contributed by atoms with Gasteiger partial charge in [0.25, 0.3) is 0 Å². The first kappa shape index (κ1) is 45.1. The number of carboxylic acid groups (broad SMARTS) is 1. The van der Waals surface area contributed by atoms with Gasteiger partial charge in [-0.1, -0.05) is 133 Å². The molecule has 5 saturated carbocycles. The summed E-state index contributed by atoms with van der Waals surface area (Å²) in [5.41, 5.74) is 6.15. The van der Waals surface area contributed by atoms with Crippen LogP contribution in [-0.2, 0) is 9.59 Å². The third kappa shape index (κ3) is 7.21. The number of hydrogen-bond donors (Lipinski definition) is 1. The fourth-order valence-corrected chi connectivity index (χ4v) is 18.7. The van der Waals surface area contributed by atoms with Crippen molar-refractivity contribution in [1.29, 1.82) is 0 Å². The molecule has 0 amide bonds. The van der Waals surface area contributed by atoms with Gasteiger partial charge in [0.15, 0.2) is 0 Å². The third-order valence-electron chi connectivity index (χ3n) is 22.3. The lowest BCUT2D eigenvalue weighted by atomic mass is 9.45. The summed E-state index contributed by atoms with van der Waals surface area (Å²) in [7, 11) is 0. The Morgan fingerprint density at radius 1 is 0.609 bits per heavy atom. The molecule has 12 aliphatic rings. The molecule has 0 aromatic heterocycles. The number of allylic oxidation sites excluding steroid dienone is 14. The van der Waals surface area contributed by atoms with Crippen LogP contribution >= 0.6 is 0 Å². The van der Waals surface area contributed by atoms with Crippen molar-refractivity contribution in [2.75, 3.05) is 0 Å². The number of ketones is 1. The fraction of sp³-hybridized carbons (Fsp3) is 0.738. The van der Waals surface area contributed by atoms with Crippen LogP contribution in [0.1, 0.15) is 171 Å². The molecule has 0 spiro atoms. The third-order valence-corrected chi connectivity index (χ3v) is 22.3. The van der Waals surface area contributed by atoms with Crippen LogP contribution in [0.25, 0.3) is 0 Å². The van der Waals surface area contributed by atoms with Crippen molar-refractivity contribution in [2.24, 2.45) is 110 Å². The van der Waals surface area contributed by atoms with Gasteiger partial charge in [-0.25, -0.2) is 0 Å². The molecule has 3 nitrogen and oxygen atoms in total. The zero-order valence-electron chi connectivity index (χ0n) is 41.4. The lowest BCUT2D eigenvalue weighted by Gasteiger charge is -2.58. The van der Waals surface area contributed by atoms with Gasteiger partial charge in [-0.3, -0.25) is 9.59 Å². The van der Waals surface area contributed by atoms with Crippen molar-refractivity contribution in [3.8, 4) is 0 Å². The molecule has 0 heterocycles. The van der Waals surface area contributed by atoms with Crippen molar-refractivity contribution in [2.45, 2.75) is 171 Å². The van der Waals surface area contributed by atoms with Crippen molar-refractivity contribution in [3.05, 3.63) is 83.1 Å². The number of fused-ring (bicyclic) bond motifs is 16. The maximum absolute atomic E-state index is 14.4. The van der Waals surface area contributed by atoms with Crippen LogP contribution in [-0.4, -0.2) is 16.9 Å². The standard InChI is InChI=1S/C31H44O.C20H30O2.C10H12/c1-19(2)20-10-12-27-21(16-20)11-13-28-30(27,3)14-7-15-31(28,4)29(32)26-18-22-17-25(26)24-9-6-5-8-23(22)24;1-13(2)14-6-8-16-15(12-14)7-9-17-19(16,3)10-5-11-20(17,4)18(21)22;1-2-9-7-4-5-8(6-7)10(9)3-1/h5,8,11,16,19,22-28H,6-7,9-10,12-15,17-18H2,1-4H3;7,12-13,16-17H,5-6,8-11H2,1-4H3,(H,21,22);1-2,4-5,7-10H,3,6H2. The van der Waals surface area contributed by atoms with E-state index < -0.39 is 11.4 Å². The monoisotopic (exact) mass is 867 g/mol. The Morgan fingerprint density at radius 2 is 1.19 bits per heavy atom. The first-order chi connectivity index (χ1) is 30.6. The van der Waals surface area contributed by atoms with Crippen LogP contribution in [0.5, 0.6) is 0 Å². The van der Waals surface area contributed by atoms with E-state index in [0.29, 0.717) is 52.6 Å². The number of carboxylic acids is 1. The Morgan fingerprint density at radius 3 is 1.78 bits per heavy atom. The number of rotatable bonds is 5. The van der Waals surface area contributed by atoms with E-state index in [0.717, 1.165) is 73.5 Å². The average molecular weight is 867 g/mol. The smallest absolute Gasteiger partial charge is 0.309 e. The van der Waals surface area contributed by atoms with Crippen LogP contribution in [0.15, 0.2) is 83.1 Å². The average Bonchev–Trinajstić information content (AvgIpc) is 4.14. The molecule has 4 bridgehead atoms. The van der Waals surface area contributed by atoms with E-state index in [4.69, 9.17) is 0 Å². The molecular weight excluding hydrogens is 781 g/mol. The van der Waals surface area contributed by atoms with Gasteiger partial charge < -0.3 is 5.11 Å². The summed E-state index contributed by atoms with van der Waals surface area (Å²) in [5.74, 6) is 10.7. The van der Waals surface area contributed by atoms with Gasteiger partial charge in [-0.05, 0) is 214 Å². The van der Waals surface area contributed by atoms with Gasteiger partial charge in [-0.2, -0.15) is 0 Å². The van der Waals surface area contributed by atoms with Gasteiger partial charge in [0.1, 0.15) is 5.78 Å². The van der Waals surface area contributed by atoms with Crippen LogP contribution in [0.4, 0.5) is 0 Å². The second-order valence-electron chi connectivity index (χ2n) is 25.7. The largest absolute Gasteiger partial charge is 0.481 e. The maximum atomic E-state index is 14.4. The van der Waals surface area contributed by atoms with E-state index in [1.165, 1.54) is 89.0 Å². The summed E-state index contributed by atoms with van der Waals surface area (Å²) < 4.78 is 0. The summed E-state index contributed by atoms with van der Waals surface area (Å²) in [6, 6.07) is 0. The van der Waals surface area contributed by atoms with Crippen LogP contribution in [0.3, 0.4) is 0 Å². The van der Waals surface area contributed by atoms with Crippen LogP contribution in [0.2, 0.25) is 0 Å². The summed E-state index contributed by atoms with van der Waals surface area (Å²) in [6.45, 7) is 18.6. The van der Waals surface area contributed by atoms with Crippen LogP contribution < -0.4 is 0 Å². The molecule has 64 heavy (non-hydrogen) atoms. The molecule has 12 rings (SSSR count). The highest BCUT2D eigenvalue weighted by Gasteiger charge is 2.62. The van der Waals surface area contributed by atoms with Crippen molar-refractivity contribution >= 4 is 11.8 Å². The first-order valence-electron chi connectivity index (χ1n) is 27.2. The zero-order chi connectivity index (χ0) is 44.9. The molecule has 17 atom stereocenters. The highest BCUT2D eigenvalue weighted by molar-refractivity contribution is 5.88. The minimum Gasteiger partial charge on any atom is -0.481 e. The maximum Gasteiger partial charge on any atom is 0.309 e. The molecular formula is C61H86O3. The van der Waals surface area contributed by atoms with E-state index in [-0.39, 0.29) is 16.7 Å². The van der Waals surface area contributed by atoms with Gasteiger partial charge >= 0.3 is 5.97 Å². The van der Waals surface area contributed by atoms with Gasteiger partial charge in [0.05, 0.1) is 5.41 Å². The zero-order valence-corrected chi connectivity index (χ0v) is 41.4. The lowest BCUT2D eigenvalue weighted by Crippen LogP contribution is -2.55. The lowest BCUT2D eigenvalue weighted by molar-refractivity contribution is -0.162. The Hall–Kier alpha value is -2.68. The second kappa shape index (κ2) is 16.8. The quantitative estimate of drug-likeness (QED) is 0.280. The number of hydrogen-bond acceptors (Lipinski definition) is 2. The highest BCUT2D eigenvalue weighted by Crippen LogP contribution is 2.66. The molecule has 12 aliphatic carbocycles. The Labute approximate surface area is 389 Å². The first-order valence-corrected chi connectivity index (χ1v) is 27.2. The van der Waals surface area contributed by atoms with E-state index in [1.54, 1.807) is 16.7 Å².